The molecular formula is C23H22BrN3O2S. The van der Waals surface area contributed by atoms with Crippen molar-refractivity contribution in [3.63, 3.8) is 0 Å². The van der Waals surface area contributed by atoms with Crippen LogP contribution in [0.4, 0.5) is 5.69 Å². The van der Waals surface area contributed by atoms with Gasteiger partial charge in [0.1, 0.15) is 0 Å². The Morgan fingerprint density at radius 3 is 2.47 bits per heavy atom. The van der Waals surface area contributed by atoms with Crippen molar-refractivity contribution in [3.8, 4) is 6.07 Å². The van der Waals surface area contributed by atoms with E-state index in [1.54, 1.807) is 0 Å². The van der Waals surface area contributed by atoms with Crippen LogP contribution in [0.15, 0.2) is 51.5 Å². The minimum Gasteiger partial charge on any atom is -0.325 e. The van der Waals surface area contributed by atoms with Crippen molar-refractivity contribution in [2.45, 2.75) is 33.1 Å². The maximum Gasteiger partial charge on any atom is 0.234 e. The molecular weight excluding hydrogens is 462 g/mol. The van der Waals surface area contributed by atoms with Gasteiger partial charge in [-0.2, -0.15) is 5.26 Å². The van der Waals surface area contributed by atoms with Crippen molar-refractivity contribution < 1.29 is 9.59 Å². The molecule has 5 nitrogen and oxygen atoms in total. The average molecular weight is 484 g/mol. The van der Waals surface area contributed by atoms with Gasteiger partial charge >= 0.3 is 0 Å². The van der Waals surface area contributed by atoms with Crippen LogP contribution in [0.25, 0.3) is 0 Å². The maximum absolute atomic E-state index is 12.5. The van der Waals surface area contributed by atoms with Gasteiger partial charge in [0.2, 0.25) is 11.8 Å². The van der Waals surface area contributed by atoms with Crippen LogP contribution in [0.3, 0.4) is 0 Å². The van der Waals surface area contributed by atoms with E-state index in [-0.39, 0.29) is 29.9 Å². The van der Waals surface area contributed by atoms with Gasteiger partial charge in [0.15, 0.2) is 0 Å². The number of hydrogen-bond donors (Lipinski definition) is 2. The highest BCUT2D eigenvalue weighted by atomic mass is 79.9. The van der Waals surface area contributed by atoms with E-state index in [1.165, 1.54) is 11.8 Å². The second-order valence-electron chi connectivity index (χ2n) is 7.32. The zero-order valence-electron chi connectivity index (χ0n) is 17.0. The number of nitrogens with one attached hydrogen (secondary N) is 2. The fourth-order valence-electron chi connectivity index (χ4n) is 3.44. The van der Waals surface area contributed by atoms with E-state index in [0.717, 1.165) is 32.4 Å². The van der Waals surface area contributed by atoms with Crippen molar-refractivity contribution in [3.05, 3.63) is 73.7 Å². The molecule has 154 valence electrons. The molecule has 30 heavy (non-hydrogen) atoms. The number of nitriles is 1. The van der Waals surface area contributed by atoms with E-state index in [9.17, 15) is 14.9 Å². The van der Waals surface area contributed by atoms with Crippen LogP contribution in [-0.4, -0.2) is 17.6 Å². The van der Waals surface area contributed by atoms with Crippen LogP contribution in [0.5, 0.6) is 0 Å². The van der Waals surface area contributed by atoms with E-state index in [0.29, 0.717) is 10.6 Å². The fraction of sp³-hybridized carbons (Fsp3) is 0.261. The van der Waals surface area contributed by atoms with Gasteiger partial charge in [0.25, 0.3) is 0 Å². The van der Waals surface area contributed by atoms with Gasteiger partial charge < -0.3 is 10.6 Å². The van der Waals surface area contributed by atoms with Crippen molar-refractivity contribution >= 4 is 45.2 Å². The number of carbonyl (C=O) groups is 2. The standard InChI is InChI=1S/C23H22BrN3O2S/c1-13-4-6-16(7-5-13)18-10-20(28)27-23(19(18)11-25)30-12-21(29)26-22-14(2)8-17(24)9-15(22)3/h4-9,18H,10,12H2,1-3H3,(H,26,29)(H,27,28)/t18-/m1/s1. The number of hydrogen-bond acceptors (Lipinski definition) is 4. The molecule has 2 aromatic rings. The van der Waals surface area contributed by atoms with Crippen molar-refractivity contribution in [2.75, 3.05) is 11.1 Å². The fourth-order valence-corrected chi connectivity index (χ4v) is 5.00. The molecule has 2 N–H and O–H groups in total. The smallest absolute Gasteiger partial charge is 0.234 e. The summed E-state index contributed by atoms with van der Waals surface area (Å²) in [6.45, 7) is 5.86. The van der Waals surface area contributed by atoms with Gasteiger partial charge in [0, 0.05) is 22.5 Å². The first kappa shape index (κ1) is 22.1. The number of amides is 2. The minimum atomic E-state index is -0.300. The molecule has 7 heteroatoms. The van der Waals surface area contributed by atoms with Gasteiger partial charge in [-0.3, -0.25) is 9.59 Å². The Bertz CT molecular complexity index is 1050. The SMILES string of the molecule is Cc1ccc([C@H]2CC(=O)NC(SCC(=O)Nc3c(C)cc(Br)cc3C)=C2C#N)cc1. The van der Waals surface area contributed by atoms with Crippen LogP contribution in [0.2, 0.25) is 0 Å². The third-order valence-corrected chi connectivity index (χ3v) is 6.42. The summed E-state index contributed by atoms with van der Waals surface area (Å²) in [5, 5.41) is 15.9. The largest absolute Gasteiger partial charge is 0.325 e. The van der Waals surface area contributed by atoms with Crippen molar-refractivity contribution in [1.82, 2.24) is 5.32 Å². The molecule has 0 saturated heterocycles. The Kier molecular flexibility index (Phi) is 7.01. The lowest BCUT2D eigenvalue weighted by Gasteiger charge is -2.25. The minimum absolute atomic E-state index is 0.0936. The molecule has 1 aliphatic rings. The number of benzene rings is 2. The first-order valence-corrected chi connectivity index (χ1v) is 11.3. The molecule has 3 rings (SSSR count). The number of carbonyl (C=O) groups excluding carboxylic acids is 2. The highest BCUT2D eigenvalue weighted by molar-refractivity contribution is 9.10. The third-order valence-electron chi connectivity index (χ3n) is 4.95. The van der Waals surface area contributed by atoms with Gasteiger partial charge in [-0.1, -0.05) is 57.5 Å². The van der Waals surface area contributed by atoms with E-state index in [2.05, 4.69) is 32.6 Å². The number of thioether (sulfide) groups is 1. The second-order valence-corrected chi connectivity index (χ2v) is 9.22. The second kappa shape index (κ2) is 9.50. The molecule has 1 atom stereocenters. The zero-order chi connectivity index (χ0) is 21.8. The van der Waals surface area contributed by atoms with E-state index >= 15 is 0 Å². The topological polar surface area (TPSA) is 82.0 Å². The Morgan fingerprint density at radius 2 is 1.87 bits per heavy atom. The lowest BCUT2D eigenvalue weighted by Crippen LogP contribution is -2.31. The molecule has 0 unspecified atom stereocenters. The molecule has 0 bridgehead atoms. The van der Waals surface area contributed by atoms with E-state index in [4.69, 9.17) is 0 Å². The number of rotatable bonds is 5. The first-order chi connectivity index (χ1) is 14.3. The van der Waals surface area contributed by atoms with E-state index < -0.39 is 0 Å². The van der Waals surface area contributed by atoms with Crippen LogP contribution in [-0.2, 0) is 9.59 Å². The molecule has 0 aliphatic carbocycles. The van der Waals surface area contributed by atoms with E-state index in [1.807, 2.05) is 57.2 Å². The maximum atomic E-state index is 12.5. The molecule has 0 radical (unpaired) electrons. The summed E-state index contributed by atoms with van der Waals surface area (Å²) >= 11 is 4.63. The molecule has 0 saturated carbocycles. The summed E-state index contributed by atoms with van der Waals surface area (Å²) in [5.74, 6) is -0.547. The summed E-state index contributed by atoms with van der Waals surface area (Å²) in [4.78, 5) is 24.8. The highest BCUT2D eigenvalue weighted by Gasteiger charge is 2.29. The normalized spacial score (nSPS) is 16.1. The summed E-state index contributed by atoms with van der Waals surface area (Å²) in [6, 6.07) is 14.0. The summed E-state index contributed by atoms with van der Waals surface area (Å²) in [5.41, 5.74) is 5.24. The van der Waals surface area contributed by atoms with Crippen molar-refractivity contribution in [2.24, 2.45) is 0 Å². The van der Waals surface area contributed by atoms with Gasteiger partial charge in [0.05, 0.1) is 22.4 Å². The highest BCUT2D eigenvalue weighted by Crippen LogP contribution is 2.36. The van der Waals surface area contributed by atoms with Crippen LogP contribution >= 0.6 is 27.7 Å². The third kappa shape index (κ3) is 5.13. The lowest BCUT2D eigenvalue weighted by molar-refractivity contribution is -0.121. The number of halogens is 1. The summed E-state index contributed by atoms with van der Waals surface area (Å²) < 4.78 is 0.959. The summed E-state index contributed by atoms with van der Waals surface area (Å²) in [6.07, 6.45) is 0.222. The molecule has 0 aromatic heterocycles. The van der Waals surface area contributed by atoms with Gasteiger partial charge in [-0.25, -0.2) is 0 Å². The Balaban J connectivity index is 1.77. The monoisotopic (exact) mass is 483 g/mol. The Morgan fingerprint density at radius 1 is 1.23 bits per heavy atom. The molecule has 0 spiro atoms. The quantitative estimate of drug-likeness (QED) is 0.620. The van der Waals surface area contributed by atoms with Crippen LogP contribution < -0.4 is 10.6 Å². The van der Waals surface area contributed by atoms with Gasteiger partial charge in [-0.15, -0.1) is 0 Å². The average Bonchev–Trinajstić information content (AvgIpc) is 2.69. The number of anilines is 1. The van der Waals surface area contributed by atoms with Crippen molar-refractivity contribution in [1.29, 1.82) is 5.26 Å². The number of nitrogens with zero attached hydrogens (tertiary/aromatic N) is 1. The molecule has 0 fully saturated rings. The predicted octanol–water partition coefficient (Wildman–Crippen LogP) is 5.08. The summed E-state index contributed by atoms with van der Waals surface area (Å²) in [7, 11) is 0. The first-order valence-electron chi connectivity index (χ1n) is 9.48. The number of aryl methyl sites for hydroxylation is 3. The van der Waals surface area contributed by atoms with Crippen LogP contribution in [0, 0.1) is 32.1 Å². The Labute approximate surface area is 189 Å². The molecule has 2 aromatic carbocycles. The lowest BCUT2D eigenvalue weighted by atomic mass is 9.87. The van der Waals surface area contributed by atoms with Crippen LogP contribution in [0.1, 0.15) is 34.6 Å². The zero-order valence-corrected chi connectivity index (χ0v) is 19.4. The molecule has 1 heterocycles. The number of allylic oxidation sites excluding steroid dienone is 1. The molecule has 2 amide bonds. The predicted molar refractivity (Wildman–Crippen MR) is 124 cm³/mol. The Hall–Kier alpha value is -2.56. The molecule has 1 aliphatic heterocycles. The van der Waals surface area contributed by atoms with Gasteiger partial charge in [-0.05, 0) is 49.6 Å².